The molecule has 1 amide bonds. The number of benzene rings is 2. The second-order valence-electron chi connectivity index (χ2n) is 9.34. The van der Waals surface area contributed by atoms with E-state index in [1.807, 2.05) is 24.3 Å². The van der Waals surface area contributed by atoms with Gasteiger partial charge < -0.3 is 11.1 Å². The van der Waals surface area contributed by atoms with Crippen molar-refractivity contribution in [2.45, 2.75) is 41.7 Å². The summed E-state index contributed by atoms with van der Waals surface area (Å²) >= 11 is 15.4. The zero-order valence-corrected chi connectivity index (χ0v) is 23.7. The zero-order valence-electron chi connectivity index (χ0n) is 20.5. The van der Waals surface area contributed by atoms with Crippen LogP contribution >= 0.6 is 46.3 Å². The number of hydrogen-bond acceptors (Lipinski definition) is 9. The minimum atomic E-state index is -1.65. The van der Waals surface area contributed by atoms with Gasteiger partial charge in [0.1, 0.15) is 17.3 Å². The van der Waals surface area contributed by atoms with Crippen molar-refractivity contribution in [2.75, 3.05) is 10.2 Å². The molecule has 0 bridgehead atoms. The summed E-state index contributed by atoms with van der Waals surface area (Å²) in [5.41, 5.74) is 8.49. The van der Waals surface area contributed by atoms with Gasteiger partial charge in [0.15, 0.2) is 10.1 Å². The molecule has 39 heavy (non-hydrogen) atoms. The van der Waals surface area contributed by atoms with Crippen molar-refractivity contribution < 1.29 is 9.59 Å². The van der Waals surface area contributed by atoms with Crippen LogP contribution in [0.3, 0.4) is 0 Å². The summed E-state index contributed by atoms with van der Waals surface area (Å²) in [5.74, 6) is -0.0365. The third-order valence-corrected chi connectivity index (χ3v) is 10.2. The van der Waals surface area contributed by atoms with Crippen LogP contribution in [0.15, 0.2) is 63.4 Å². The second kappa shape index (κ2) is 9.68. The van der Waals surface area contributed by atoms with E-state index in [0.717, 1.165) is 5.56 Å². The fourth-order valence-electron chi connectivity index (χ4n) is 5.50. The van der Waals surface area contributed by atoms with Gasteiger partial charge in [-0.05, 0) is 43.0 Å². The van der Waals surface area contributed by atoms with Crippen molar-refractivity contribution in [3.8, 4) is 6.07 Å². The summed E-state index contributed by atoms with van der Waals surface area (Å²) < 4.78 is 0.676. The molecule has 0 radical (unpaired) electrons. The molecule has 1 aliphatic carbocycles. The molecule has 3 aliphatic rings. The van der Waals surface area contributed by atoms with Gasteiger partial charge in [0.25, 0.3) is 0 Å². The van der Waals surface area contributed by atoms with Crippen molar-refractivity contribution in [3.63, 3.8) is 0 Å². The van der Waals surface area contributed by atoms with Gasteiger partial charge >= 0.3 is 0 Å². The van der Waals surface area contributed by atoms with E-state index in [-0.39, 0.29) is 29.2 Å². The van der Waals surface area contributed by atoms with Crippen LogP contribution < -0.4 is 16.0 Å². The lowest BCUT2D eigenvalue weighted by atomic mass is 9.64. The first-order valence-corrected chi connectivity index (χ1v) is 14.6. The lowest BCUT2D eigenvalue weighted by Crippen LogP contribution is -2.50. The molecule has 1 unspecified atom stereocenters. The molecule has 2 aliphatic heterocycles. The lowest BCUT2D eigenvalue weighted by molar-refractivity contribution is -0.122. The number of nitrogens with zero attached hydrogens (tertiary/aromatic N) is 4. The SMILES string of the molecule is Cc1c(Cl)ccc2c1NC(=O)C21C(C#N)=C(N)N(c2nnc(SCc3ccccc3Cl)s2)C2=C1C(=O)CCC2. The standard InChI is InChI=1S/C27H20Cl2N6O2S2/c1-13-17(28)10-9-15-22(13)32-24(37)27(15)16(11-30)23(31)35(19-7-4-8-20(36)21(19)27)25-33-34-26(39-25)38-12-14-5-2-3-6-18(14)29/h2-3,5-6,9-10H,4,7-8,12,31H2,1H3,(H,32,37). The molecule has 8 nitrogen and oxygen atoms in total. The van der Waals surface area contributed by atoms with Crippen molar-refractivity contribution in [1.29, 1.82) is 5.26 Å². The number of amides is 1. The van der Waals surface area contributed by atoms with E-state index in [1.54, 1.807) is 24.0 Å². The summed E-state index contributed by atoms with van der Waals surface area (Å²) in [6.07, 6.45) is 1.33. The average molecular weight is 596 g/mol. The number of aromatic nitrogens is 2. The Kier molecular flexibility index (Phi) is 6.43. The maximum absolute atomic E-state index is 13.8. The van der Waals surface area contributed by atoms with Crippen molar-refractivity contribution >= 4 is 68.8 Å². The highest BCUT2D eigenvalue weighted by molar-refractivity contribution is 8.00. The minimum Gasteiger partial charge on any atom is -0.384 e. The monoisotopic (exact) mass is 594 g/mol. The summed E-state index contributed by atoms with van der Waals surface area (Å²) in [7, 11) is 0. The zero-order chi connectivity index (χ0) is 27.5. The average Bonchev–Trinajstić information content (AvgIpc) is 3.49. The number of ketones is 1. The van der Waals surface area contributed by atoms with Gasteiger partial charge in [0.05, 0.1) is 11.3 Å². The fraction of sp³-hybridized carbons (Fsp3) is 0.222. The maximum atomic E-state index is 13.8. The van der Waals surface area contributed by atoms with E-state index in [0.29, 0.717) is 60.6 Å². The Morgan fingerprint density at radius 2 is 1.97 bits per heavy atom. The Hall–Kier alpha value is -3.36. The van der Waals surface area contributed by atoms with Gasteiger partial charge in [-0.2, -0.15) is 5.26 Å². The molecule has 3 N–H and O–H groups in total. The molecular formula is C27H20Cl2N6O2S2. The van der Waals surface area contributed by atoms with E-state index in [1.165, 1.54) is 23.1 Å². The molecule has 3 aromatic rings. The molecule has 2 aromatic carbocycles. The molecule has 0 saturated heterocycles. The molecule has 6 rings (SSSR count). The molecule has 3 heterocycles. The third kappa shape index (κ3) is 3.79. The maximum Gasteiger partial charge on any atom is 0.245 e. The predicted octanol–water partition coefficient (Wildman–Crippen LogP) is 5.86. The second-order valence-corrected chi connectivity index (χ2v) is 12.3. The summed E-state index contributed by atoms with van der Waals surface area (Å²) in [4.78, 5) is 29.1. The molecular weight excluding hydrogens is 575 g/mol. The molecule has 1 spiro atoms. The quantitative estimate of drug-likeness (QED) is 0.360. The van der Waals surface area contributed by atoms with Gasteiger partial charge in [-0.15, -0.1) is 10.2 Å². The number of fused-ring (bicyclic) bond motifs is 3. The van der Waals surface area contributed by atoms with Crippen LogP contribution in [0.2, 0.25) is 10.0 Å². The Morgan fingerprint density at radius 3 is 2.74 bits per heavy atom. The first kappa shape index (κ1) is 25.9. The normalized spacial score (nSPS) is 20.3. The summed E-state index contributed by atoms with van der Waals surface area (Å²) in [5, 5.41) is 23.6. The van der Waals surface area contributed by atoms with Crippen molar-refractivity contribution in [2.24, 2.45) is 5.73 Å². The van der Waals surface area contributed by atoms with Crippen molar-refractivity contribution in [1.82, 2.24) is 10.2 Å². The highest BCUT2D eigenvalue weighted by Gasteiger charge is 2.60. The Labute approximate surface area is 242 Å². The lowest BCUT2D eigenvalue weighted by Gasteiger charge is -2.42. The number of Topliss-reactive ketones (excluding diaryl/α,β-unsaturated/α-hetero) is 1. The Morgan fingerprint density at radius 1 is 1.18 bits per heavy atom. The molecule has 1 atom stereocenters. The van der Waals surface area contributed by atoms with E-state index in [9.17, 15) is 14.9 Å². The van der Waals surface area contributed by atoms with Crippen LogP contribution in [0.4, 0.5) is 10.8 Å². The summed E-state index contributed by atoms with van der Waals surface area (Å²) in [6.45, 7) is 1.79. The van der Waals surface area contributed by atoms with Crippen LogP contribution in [0.25, 0.3) is 0 Å². The van der Waals surface area contributed by atoms with Crippen LogP contribution in [-0.4, -0.2) is 21.9 Å². The predicted molar refractivity (Wildman–Crippen MR) is 153 cm³/mol. The van der Waals surface area contributed by atoms with E-state index in [2.05, 4.69) is 21.6 Å². The van der Waals surface area contributed by atoms with E-state index in [4.69, 9.17) is 28.9 Å². The fourth-order valence-corrected chi connectivity index (χ4v) is 7.83. The first-order chi connectivity index (χ1) is 18.8. The van der Waals surface area contributed by atoms with Gasteiger partial charge in [-0.25, -0.2) is 0 Å². The number of nitrogens with one attached hydrogen (secondary N) is 1. The number of allylic oxidation sites excluding steroid dienone is 1. The van der Waals surface area contributed by atoms with Crippen LogP contribution in [0, 0.1) is 18.3 Å². The number of anilines is 2. The molecule has 0 fully saturated rings. The number of thioether (sulfide) groups is 1. The molecule has 12 heteroatoms. The molecule has 0 saturated carbocycles. The Balaban J connectivity index is 1.48. The summed E-state index contributed by atoms with van der Waals surface area (Å²) in [6, 6.07) is 13.1. The van der Waals surface area contributed by atoms with Gasteiger partial charge in [-0.3, -0.25) is 14.5 Å². The van der Waals surface area contributed by atoms with Crippen molar-refractivity contribution in [3.05, 3.63) is 85.8 Å². The van der Waals surface area contributed by atoms with Crippen LogP contribution in [0.5, 0.6) is 0 Å². The smallest absolute Gasteiger partial charge is 0.245 e. The minimum absolute atomic E-state index is 0.0186. The topological polar surface area (TPSA) is 125 Å². The van der Waals surface area contributed by atoms with E-state index < -0.39 is 11.3 Å². The van der Waals surface area contributed by atoms with Gasteiger partial charge in [-0.1, -0.05) is 70.6 Å². The molecule has 196 valence electrons. The van der Waals surface area contributed by atoms with E-state index >= 15 is 0 Å². The number of carbonyl (C=O) groups excluding carboxylic acids is 2. The highest BCUT2D eigenvalue weighted by Crippen LogP contribution is 2.56. The number of nitriles is 1. The van der Waals surface area contributed by atoms with Gasteiger partial charge in [0, 0.05) is 39.1 Å². The first-order valence-electron chi connectivity index (χ1n) is 12.1. The largest absolute Gasteiger partial charge is 0.384 e. The third-order valence-electron chi connectivity index (χ3n) is 7.29. The highest BCUT2D eigenvalue weighted by atomic mass is 35.5. The number of rotatable bonds is 4. The number of hydrogen-bond donors (Lipinski definition) is 2. The number of nitrogens with two attached hydrogens (primary N) is 1. The van der Waals surface area contributed by atoms with Gasteiger partial charge in [0.2, 0.25) is 11.0 Å². The number of carbonyl (C=O) groups is 2. The number of halogens is 2. The molecule has 1 aromatic heterocycles. The van der Waals surface area contributed by atoms with Crippen LogP contribution in [-0.2, 0) is 20.8 Å². The van der Waals surface area contributed by atoms with Crippen LogP contribution in [0.1, 0.15) is 36.0 Å². The Bertz CT molecular complexity index is 1690.